The number of fused-ring (bicyclic) bond motifs is 1. The smallest absolute Gasteiger partial charge is 0.255 e. The molecule has 0 radical (unpaired) electrons. The number of carbonyl (C=O) groups is 1. The highest BCUT2D eigenvalue weighted by Crippen LogP contribution is 2.32. The SMILES string of the molecule is O=C(Nc1cccc2nc(-c3ccccc3)n(-c3ccccn3)c12)c1ccccc1. The molecular weight excluding hydrogens is 372 g/mol. The largest absolute Gasteiger partial charge is 0.320 e. The first-order valence-corrected chi connectivity index (χ1v) is 9.66. The Hall–Kier alpha value is -4.25. The second-order valence-corrected chi connectivity index (χ2v) is 6.82. The summed E-state index contributed by atoms with van der Waals surface area (Å²) in [6.07, 6.45) is 1.75. The van der Waals surface area contributed by atoms with Gasteiger partial charge in [0.1, 0.15) is 11.6 Å². The average molecular weight is 390 g/mol. The van der Waals surface area contributed by atoms with Crippen molar-refractivity contribution in [1.82, 2.24) is 14.5 Å². The van der Waals surface area contributed by atoms with E-state index < -0.39 is 0 Å². The van der Waals surface area contributed by atoms with Crippen LogP contribution < -0.4 is 5.32 Å². The Labute approximate surface area is 173 Å². The number of nitrogens with one attached hydrogen (secondary N) is 1. The van der Waals surface area contributed by atoms with E-state index in [9.17, 15) is 4.79 Å². The Balaban J connectivity index is 1.72. The molecule has 2 heterocycles. The zero-order valence-electron chi connectivity index (χ0n) is 16.1. The number of rotatable bonds is 4. The Morgan fingerprint density at radius 1 is 0.767 bits per heavy atom. The Bertz CT molecular complexity index is 1310. The van der Waals surface area contributed by atoms with Gasteiger partial charge in [0.05, 0.1) is 16.7 Å². The minimum atomic E-state index is -0.168. The van der Waals surface area contributed by atoms with E-state index in [0.29, 0.717) is 11.3 Å². The number of carbonyl (C=O) groups excluding carboxylic acids is 1. The normalized spacial score (nSPS) is 10.8. The van der Waals surface area contributed by atoms with E-state index in [1.54, 1.807) is 18.3 Å². The summed E-state index contributed by atoms with van der Waals surface area (Å²) in [5.41, 5.74) is 3.84. The molecule has 0 fully saturated rings. The molecule has 2 aromatic heterocycles. The minimum Gasteiger partial charge on any atom is -0.320 e. The third-order valence-electron chi connectivity index (χ3n) is 4.87. The topological polar surface area (TPSA) is 59.8 Å². The molecule has 0 aliphatic rings. The molecule has 5 aromatic rings. The van der Waals surface area contributed by atoms with Crippen LogP contribution in [0.15, 0.2) is 103 Å². The number of aromatic nitrogens is 3. The van der Waals surface area contributed by atoms with Gasteiger partial charge >= 0.3 is 0 Å². The lowest BCUT2D eigenvalue weighted by molar-refractivity contribution is 0.102. The van der Waals surface area contributed by atoms with Gasteiger partial charge in [-0.3, -0.25) is 9.36 Å². The lowest BCUT2D eigenvalue weighted by Crippen LogP contribution is -2.13. The highest BCUT2D eigenvalue weighted by Gasteiger charge is 2.19. The molecule has 1 amide bonds. The third kappa shape index (κ3) is 3.22. The van der Waals surface area contributed by atoms with Crippen LogP contribution in [0, 0.1) is 0 Å². The van der Waals surface area contributed by atoms with Crippen molar-refractivity contribution in [3.63, 3.8) is 0 Å². The molecule has 0 unspecified atom stereocenters. The number of imidazole rings is 1. The molecule has 5 nitrogen and oxygen atoms in total. The van der Waals surface area contributed by atoms with Gasteiger partial charge in [-0.15, -0.1) is 0 Å². The zero-order chi connectivity index (χ0) is 20.3. The van der Waals surface area contributed by atoms with E-state index in [4.69, 9.17) is 4.98 Å². The predicted molar refractivity (Wildman–Crippen MR) is 119 cm³/mol. The molecule has 3 aromatic carbocycles. The molecular formula is C25H18N4O. The van der Waals surface area contributed by atoms with Gasteiger partial charge in [0.2, 0.25) is 0 Å². The van der Waals surface area contributed by atoms with E-state index >= 15 is 0 Å². The number of hydrogen-bond donors (Lipinski definition) is 1. The van der Waals surface area contributed by atoms with E-state index in [1.807, 2.05) is 89.5 Å². The second-order valence-electron chi connectivity index (χ2n) is 6.82. The molecule has 0 saturated carbocycles. The first kappa shape index (κ1) is 17.8. The van der Waals surface area contributed by atoms with Crippen molar-refractivity contribution in [2.45, 2.75) is 0 Å². The van der Waals surface area contributed by atoms with Crippen LogP contribution in [0.2, 0.25) is 0 Å². The van der Waals surface area contributed by atoms with Crippen molar-refractivity contribution >= 4 is 22.6 Å². The van der Waals surface area contributed by atoms with Gasteiger partial charge in [0.25, 0.3) is 5.91 Å². The quantitative estimate of drug-likeness (QED) is 0.451. The lowest BCUT2D eigenvalue weighted by Gasteiger charge is -2.12. The fraction of sp³-hybridized carbons (Fsp3) is 0. The van der Waals surface area contributed by atoms with Gasteiger partial charge in [-0.05, 0) is 36.4 Å². The summed E-state index contributed by atoms with van der Waals surface area (Å²) in [5, 5.41) is 3.05. The van der Waals surface area contributed by atoms with E-state index in [-0.39, 0.29) is 5.91 Å². The van der Waals surface area contributed by atoms with Crippen molar-refractivity contribution in [3.8, 4) is 17.2 Å². The fourth-order valence-electron chi connectivity index (χ4n) is 3.50. The molecule has 0 atom stereocenters. The van der Waals surface area contributed by atoms with Gasteiger partial charge in [0, 0.05) is 17.3 Å². The number of anilines is 1. The molecule has 5 rings (SSSR count). The predicted octanol–water partition coefficient (Wildman–Crippen LogP) is 5.34. The molecule has 30 heavy (non-hydrogen) atoms. The van der Waals surface area contributed by atoms with Crippen molar-refractivity contribution in [3.05, 3.63) is 109 Å². The maximum atomic E-state index is 12.8. The first-order valence-electron chi connectivity index (χ1n) is 9.66. The van der Waals surface area contributed by atoms with Crippen LogP contribution in [0.25, 0.3) is 28.2 Å². The maximum Gasteiger partial charge on any atom is 0.255 e. The summed E-state index contributed by atoms with van der Waals surface area (Å²) < 4.78 is 1.99. The zero-order valence-corrected chi connectivity index (χ0v) is 16.1. The highest BCUT2D eigenvalue weighted by atomic mass is 16.1. The minimum absolute atomic E-state index is 0.168. The fourth-order valence-corrected chi connectivity index (χ4v) is 3.50. The summed E-state index contributed by atoms with van der Waals surface area (Å²) in [5.74, 6) is 1.34. The standard InChI is InChI=1S/C25H18N4O/c30-25(19-12-5-2-6-13-19)28-21-15-9-14-20-23(21)29(22-16-7-8-17-26-22)24(27-20)18-10-3-1-4-11-18/h1-17H,(H,28,30). The molecule has 0 aliphatic carbocycles. The highest BCUT2D eigenvalue weighted by molar-refractivity contribution is 6.08. The summed E-state index contributed by atoms with van der Waals surface area (Å²) in [4.78, 5) is 22.2. The number of hydrogen-bond acceptors (Lipinski definition) is 3. The molecule has 0 saturated heterocycles. The summed E-state index contributed by atoms with van der Waals surface area (Å²) in [6, 6.07) is 30.6. The first-order chi connectivity index (χ1) is 14.8. The number of para-hydroxylation sites is 1. The number of pyridine rings is 1. The van der Waals surface area contributed by atoms with Crippen molar-refractivity contribution in [2.75, 3.05) is 5.32 Å². The van der Waals surface area contributed by atoms with Crippen LogP contribution in [0.5, 0.6) is 0 Å². The molecule has 0 bridgehead atoms. The number of nitrogens with zero attached hydrogens (tertiary/aromatic N) is 3. The molecule has 0 spiro atoms. The van der Waals surface area contributed by atoms with Crippen LogP contribution in [-0.2, 0) is 0 Å². The Morgan fingerprint density at radius 2 is 1.50 bits per heavy atom. The summed E-state index contributed by atoms with van der Waals surface area (Å²) in [6.45, 7) is 0. The molecule has 144 valence electrons. The monoisotopic (exact) mass is 390 g/mol. The van der Waals surface area contributed by atoms with Crippen molar-refractivity contribution in [2.24, 2.45) is 0 Å². The Morgan fingerprint density at radius 3 is 2.23 bits per heavy atom. The van der Waals surface area contributed by atoms with E-state index in [2.05, 4.69) is 10.3 Å². The summed E-state index contributed by atoms with van der Waals surface area (Å²) in [7, 11) is 0. The van der Waals surface area contributed by atoms with E-state index in [0.717, 1.165) is 28.2 Å². The van der Waals surface area contributed by atoms with Crippen LogP contribution in [-0.4, -0.2) is 20.4 Å². The van der Waals surface area contributed by atoms with Crippen LogP contribution >= 0.6 is 0 Å². The third-order valence-corrected chi connectivity index (χ3v) is 4.87. The van der Waals surface area contributed by atoms with Crippen LogP contribution in [0.1, 0.15) is 10.4 Å². The van der Waals surface area contributed by atoms with Crippen LogP contribution in [0.4, 0.5) is 5.69 Å². The summed E-state index contributed by atoms with van der Waals surface area (Å²) >= 11 is 0. The molecule has 0 aliphatic heterocycles. The maximum absolute atomic E-state index is 12.8. The number of amides is 1. The van der Waals surface area contributed by atoms with Gasteiger partial charge in [-0.1, -0.05) is 60.7 Å². The van der Waals surface area contributed by atoms with Gasteiger partial charge in [-0.25, -0.2) is 9.97 Å². The average Bonchev–Trinajstić information content (AvgIpc) is 3.21. The van der Waals surface area contributed by atoms with E-state index in [1.165, 1.54) is 0 Å². The van der Waals surface area contributed by atoms with Gasteiger partial charge in [-0.2, -0.15) is 0 Å². The van der Waals surface area contributed by atoms with Crippen molar-refractivity contribution < 1.29 is 4.79 Å². The molecule has 1 N–H and O–H groups in total. The Kier molecular flexibility index (Phi) is 4.54. The second kappa shape index (κ2) is 7.64. The van der Waals surface area contributed by atoms with Gasteiger partial charge < -0.3 is 5.32 Å². The van der Waals surface area contributed by atoms with Crippen LogP contribution in [0.3, 0.4) is 0 Å². The lowest BCUT2D eigenvalue weighted by atomic mass is 10.2. The van der Waals surface area contributed by atoms with Crippen molar-refractivity contribution in [1.29, 1.82) is 0 Å². The number of benzene rings is 3. The molecule has 5 heteroatoms. The van der Waals surface area contributed by atoms with Gasteiger partial charge in [0.15, 0.2) is 0 Å².